The highest BCUT2D eigenvalue weighted by Gasteiger charge is 2.32. The molecule has 1 amide bonds. The van der Waals surface area contributed by atoms with Gasteiger partial charge in [-0.1, -0.05) is 6.92 Å². The van der Waals surface area contributed by atoms with Crippen molar-refractivity contribution >= 4 is 21.6 Å². The number of amides is 1. The quantitative estimate of drug-likeness (QED) is 0.833. The summed E-state index contributed by atoms with van der Waals surface area (Å²) in [4.78, 5) is 13.8. The number of piperidine rings is 1. The number of sulfonamides is 1. The smallest absolute Gasteiger partial charge is 0.246 e. The van der Waals surface area contributed by atoms with E-state index in [1.165, 1.54) is 11.4 Å². The zero-order valence-corrected chi connectivity index (χ0v) is 15.0. The van der Waals surface area contributed by atoms with Crippen molar-refractivity contribution in [3.63, 3.8) is 0 Å². The lowest BCUT2D eigenvalue weighted by atomic mass is 10.0. The third-order valence-electron chi connectivity index (χ3n) is 4.89. The summed E-state index contributed by atoms with van der Waals surface area (Å²) in [5.74, 6) is 0.909. The lowest BCUT2D eigenvalue weighted by Crippen LogP contribution is -2.38. The van der Waals surface area contributed by atoms with E-state index < -0.39 is 10.0 Å². The van der Waals surface area contributed by atoms with E-state index in [0.29, 0.717) is 43.4 Å². The molecule has 0 aromatic heterocycles. The molecule has 7 heteroatoms. The molecule has 2 aliphatic rings. The van der Waals surface area contributed by atoms with Crippen LogP contribution in [0.1, 0.15) is 32.6 Å². The van der Waals surface area contributed by atoms with E-state index in [4.69, 9.17) is 4.74 Å². The first kappa shape index (κ1) is 17.2. The van der Waals surface area contributed by atoms with Gasteiger partial charge in [0.2, 0.25) is 15.9 Å². The second-order valence-corrected chi connectivity index (χ2v) is 8.48. The zero-order valence-electron chi connectivity index (χ0n) is 14.2. The van der Waals surface area contributed by atoms with Crippen LogP contribution in [0.15, 0.2) is 23.1 Å². The van der Waals surface area contributed by atoms with Gasteiger partial charge in [-0.05, 0) is 43.4 Å². The van der Waals surface area contributed by atoms with Crippen LogP contribution in [0.4, 0.5) is 5.69 Å². The molecular formula is C17H24N2O4S. The van der Waals surface area contributed by atoms with Crippen LogP contribution < -0.4 is 9.64 Å². The van der Waals surface area contributed by atoms with E-state index >= 15 is 0 Å². The van der Waals surface area contributed by atoms with Gasteiger partial charge in [0, 0.05) is 31.7 Å². The Morgan fingerprint density at radius 1 is 1.17 bits per heavy atom. The zero-order chi connectivity index (χ0) is 17.3. The van der Waals surface area contributed by atoms with Crippen molar-refractivity contribution in [2.75, 3.05) is 31.6 Å². The van der Waals surface area contributed by atoms with Gasteiger partial charge in [0.25, 0.3) is 0 Å². The number of methoxy groups -OCH3 is 1. The van der Waals surface area contributed by atoms with Crippen molar-refractivity contribution in [3.05, 3.63) is 18.2 Å². The van der Waals surface area contributed by atoms with Crippen molar-refractivity contribution in [3.8, 4) is 5.75 Å². The van der Waals surface area contributed by atoms with E-state index in [1.54, 1.807) is 23.1 Å². The molecule has 0 bridgehead atoms. The molecule has 2 saturated heterocycles. The van der Waals surface area contributed by atoms with Gasteiger partial charge in [0.1, 0.15) is 10.6 Å². The van der Waals surface area contributed by atoms with Crippen LogP contribution in [0.5, 0.6) is 5.75 Å². The molecule has 0 N–H and O–H groups in total. The van der Waals surface area contributed by atoms with Crippen LogP contribution in [0.2, 0.25) is 0 Å². The fourth-order valence-corrected chi connectivity index (χ4v) is 4.97. The summed E-state index contributed by atoms with van der Waals surface area (Å²) in [5.41, 5.74) is 0.627. The van der Waals surface area contributed by atoms with E-state index in [2.05, 4.69) is 6.92 Å². The summed E-state index contributed by atoms with van der Waals surface area (Å²) in [6.45, 7) is 3.83. The minimum Gasteiger partial charge on any atom is -0.495 e. The lowest BCUT2D eigenvalue weighted by molar-refractivity contribution is -0.117. The summed E-state index contributed by atoms with van der Waals surface area (Å²) in [5, 5.41) is 0. The number of hydrogen-bond acceptors (Lipinski definition) is 4. The molecule has 1 aromatic rings. The molecule has 0 saturated carbocycles. The Bertz CT molecular complexity index is 724. The van der Waals surface area contributed by atoms with E-state index in [1.807, 2.05) is 0 Å². The fraction of sp³-hybridized carbons (Fsp3) is 0.588. The molecule has 0 radical (unpaired) electrons. The number of carbonyl (C=O) groups excluding carboxylic acids is 1. The average molecular weight is 352 g/mol. The second kappa shape index (κ2) is 6.72. The molecule has 2 aliphatic heterocycles. The first-order chi connectivity index (χ1) is 11.4. The average Bonchev–Trinajstić information content (AvgIpc) is 3.00. The van der Waals surface area contributed by atoms with Crippen LogP contribution in [-0.2, 0) is 14.8 Å². The SMILES string of the molecule is COc1ccc(N2CCCC2=O)cc1S(=O)(=O)N1CCC(C)CC1. The molecular weight excluding hydrogens is 328 g/mol. The van der Waals surface area contributed by atoms with Gasteiger partial charge < -0.3 is 9.64 Å². The summed E-state index contributed by atoms with van der Waals surface area (Å²) < 4.78 is 32.9. The highest BCUT2D eigenvalue weighted by Crippen LogP contribution is 2.34. The van der Waals surface area contributed by atoms with Crippen LogP contribution in [-0.4, -0.2) is 45.4 Å². The van der Waals surface area contributed by atoms with E-state index in [9.17, 15) is 13.2 Å². The van der Waals surface area contributed by atoms with Crippen LogP contribution in [0, 0.1) is 5.92 Å². The summed E-state index contributed by atoms with van der Waals surface area (Å²) in [6, 6.07) is 4.97. The molecule has 24 heavy (non-hydrogen) atoms. The summed E-state index contributed by atoms with van der Waals surface area (Å²) in [6.07, 6.45) is 3.05. The fourth-order valence-electron chi connectivity index (χ4n) is 3.32. The molecule has 0 spiro atoms. The Morgan fingerprint density at radius 3 is 2.46 bits per heavy atom. The monoisotopic (exact) mass is 352 g/mol. The van der Waals surface area contributed by atoms with E-state index in [-0.39, 0.29) is 10.8 Å². The van der Waals surface area contributed by atoms with Crippen molar-refractivity contribution in [1.29, 1.82) is 0 Å². The Balaban J connectivity index is 1.97. The molecule has 2 heterocycles. The van der Waals surface area contributed by atoms with Crippen LogP contribution in [0.25, 0.3) is 0 Å². The van der Waals surface area contributed by atoms with Crippen LogP contribution >= 0.6 is 0 Å². The highest BCUT2D eigenvalue weighted by atomic mass is 32.2. The minimum absolute atomic E-state index is 0.0373. The van der Waals surface area contributed by atoms with Gasteiger partial charge in [0.15, 0.2) is 0 Å². The number of ether oxygens (including phenoxy) is 1. The number of nitrogens with zero attached hydrogens (tertiary/aromatic N) is 2. The Kier molecular flexibility index (Phi) is 4.83. The second-order valence-electron chi connectivity index (χ2n) is 6.57. The Hall–Kier alpha value is -1.60. The maximum atomic E-state index is 13.1. The molecule has 0 atom stereocenters. The molecule has 0 unspecified atom stereocenters. The molecule has 6 nitrogen and oxygen atoms in total. The first-order valence-electron chi connectivity index (χ1n) is 8.42. The highest BCUT2D eigenvalue weighted by molar-refractivity contribution is 7.89. The first-order valence-corrected chi connectivity index (χ1v) is 9.86. The standard InChI is InChI=1S/C17H24N2O4S/c1-13-7-10-18(11-8-13)24(21,22)16-12-14(5-6-15(16)23-2)19-9-3-4-17(19)20/h5-6,12-13H,3-4,7-11H2,1-2H3. The molecule has 2 fully saturated rings. The largest absolute Gasteiger partial charge is 0.495 e. The van der Waals surface area contributed by atoms with Crippen molar-refractivity contribution < 1.29 is 17.9 Å². The predicted molar refractivity (Wildman–Crippen MR) is 91.7 cm³/mol. The Labute approximate surface area is 143 Å². The number of carbonyl (C=O) groups is 1. The predicted octanol–water partition coefficient (Wildman–Crippen LogP) is 2.24. The van der Waals surface area contributed by atoms with Gasteiger partial charge in [-0.2, -0.15) is 4.31 Å². The van der Waals surface area contributed by atoms with Crippen molar-refractivity contribution in [2.45, 2.75) is 37.5 Å². The third kappa shape index (κ3) is 3.15. The van der Waals surface area contributed by atoms with Gasteiger partial charge in [-0.3, -0.25) is 4.79 Å². The molecule has 1 aromatic carbocycles. The Morgan fingerprint density at radius 2 is 1.88 bits per heavy atom. The van der Waals surface area contributed by atoms with Gasteiger partial charge in [0.05, 0.1) is 7.11 Å². The lowest BCUT2D eigenvalue weighted by Gasteiger charge is -2.30. The molecule has 0 aliphatic carbocycles. The molecule has 132 valence electrons. The summed E-state index contributed by atoms with van der Waals surface area (Å²) in [7, 11) is -2.16. The number of hydrogen-bond donors (Lipinski definition) is 0. The normalized spacial score (nSPS) is 20.6. The summed E-state index contributed by atoms with van der Waals surface area (Å²) >= 11 is 0. The minimum atomic E-state index is -3.63. The maximum Gasteiger partial charge on any atom is 0.246 e. The topological polar surface area (TPSA) is 66.9 Å². The van der Waals surface area contributed by atoms with Gasteiger partial charge >= 0.3 is 0 Å². The van der Waals surface area contributed by atoms with Gasteiger partial charge in [-0.25, -0.2) is 8.42 Å². The van der Waals surface area contributed by atoms with Crippen LogP contribution in [0.3, 0.4) is 0 Å². The van der Waals surface area contributed by atoms with Crippen molar-refractivity contribution in [1.82, 2.24) is 4.31 Å². The number of benzene rings is 1. The third-order valence-corrected chi connectivity index (χ3v) is 6.81. The van der Waals surface area contributed by atoms with Gasteiger partial charge in [-0.15, -0.1) is 0 Å². The van der Waals surface area contributed by atoms with E-state index in [0.717, 1.165) is 19.3 Å². The number of rotatable bonds is 4. The van der Waals surface area contributed by atoms with Crippen molar-refractivity contribution in [2.24, 2.45) is 5.92 Å². The maximum absolute atomic E-state index is 13.1. The molecule has 3 rings (SSSR count). The number of anilines is 1.